The van der Waals surface area contributed by atoms with E-state index < -0.39 is 11.7 Å². The highest BCUT2D eigenvalue weighted by atomic mass is 19.4. The van der Waals surface area contributed by atoms with Crippen molar-refractivity contribution in [1.29, 1.82) is 0 Å². The molecule has 1 aliphatic rings. The molecule has 0 bridgehead atoms. The van der Waals surface area contributed by atoms with Crippen LogP contribution in [0, 0.1) is 5.92 Å². The number of nitrogens with one attached hydrogen (secondary N) is 1. The summed E-state index contributed by atoms with van der Waals surface area (Å²) in [6.07, 6.45) is -1.06. The predicted octanol–water partition coefficient (Wildman–Crippen LogP) is 4.59. The van der Waals surface area contributed by atoms with Gasteiger partial charge in [-0.05, 0) is 42.9 Å². The van der Waals surface area contributed by atoms with Gasteiger partial charge in [0.25, 0.3) is 0 Å². The molecule has 1 fully saturated rings. The maximum absolute atomic E-state index is 12.8. The van der Waals surface area contributed by atoms with E-state index in [0.717, 1.165) is 37.4 Å². The molecule has 0 heterocycles. The van der Waals surface area contributed by atoms with Crippen LogP contribution in [0.15, 0.2) is 24.3 Å². The zero-order valence-corrected chi connectivity index (χ0v) is 12.0. The summed E-state index contributed by atoms with van der Waals surface area (Å²) < 4.78 is 38.4. The highest BCUT2D eigenvalue weighted by Gasteiger charge is 2.33. The zero-order valence-electron chi connectivity index (χ0n) is 12.0. The SMILES string of the molecule is CC(C)NCC1CCCC1c1cccc(C(F)(F)F)c1. The van der Waals surface area contributed by atoms with Crippen molar-refractivity contribution in [3.05, 3.63) is 35.4 Å². The molecular formula is C16H22F3N. The summed E-state index contributed by atoms with van der Waals surface area (Å²) in [5.74, 6) is 0.699. The van der Waals surface area contributed by atoms with E-state index in [1.165, 1.54) is 12.1 Å². The minimum atomic E-state index is -4.25. The summed E-state index contributed by atoms with van der Waals surface area (Å²) >= 11 is 0. The van der Waals surface area contributed by atoms with Crippen molar-refractivity contribution >= 4 is 0 Å². The minimum absolute atomic E-state index is 0.253. The van der Waals surface area contributed by atoms with Gasteiger partial charge in [-0.2, -0.15) is 13.2 Å². The summed E-state index contributed by atoms with van der Waals surface area (Å²) in [5.41, 5.74) is 0.311. The molecule has 1 N–H and O–H groups in total. The lowest BCUT2D eigenvalue weighted by atomic mass is 9.88. The van der Waals surface area contributed by atoms with Gasteiger partial charge < -0.3 is 5.32 Å². The fourth-order valence-electron chi connectivity index (χ4n) is 3.05. The first kappa shape index (κ1) is 15.4. The standard InChI is InChI=1S/C16H22F3N/c1-11(2)20-10-13-6-4-8-15(13)12-5-3-7-14(9-12)16(17,18)19/h3,5,7,9,11,13,15,20H,4,6,8,10H2,1-2H3. The Morgan fingerprint density at radius 1 is 1.25 bits per heavy atom. The fraction of sp³-hybridized carbons (Fsp3) is 0.625. The first-order chi connectivity index (χ1) is 9.38. The number of rotatable bonds is 4. The Bertz CT molecular complexity index is 440. The molecule has 0 amide bonds. The fourth-order valence-corrected chi connectivity index (χ4v) is 3.05. The van der Waals surface area contributed by atoms with Gasteiger partial charge in [-0.15, -0.1) is 0 Å². The lowest BCUT2D eigenvalue weighted by Gasteiger charge is -2.22. The van der Waals surface area contributed by atoms with E-state index >= 15 is 0 Å². The van der Waals surface area contributed by atoms with Crippen molar-refractivity contribution in [3.8, 4) is 0 Å². The molecule has 2 atom stereocenters. The highest BCUT2D eigenvalue weighted by Crippen LogP contribution is 2.41. The molecule has 0 saturated heterocycles. The van der Waals surface area contributed by atoms with Crippen LogP contribution in [0.25, 0.3) is 0 Å². The third-order valence-corrected chi connectivity index (χ3v) is 4.09. The van der Waals surface area contributed by atoms with Gasteiger partial charge >= 0.3 is 6.18 Å². The van der Waals surface area contributed by atoms with Crippen LogP contribution in [0.1, 0.15) is 50.2 Å². The molecule has 112 valence electrons. The highest BCUT2D eigenvalue weighted by molar-refractivity contribution is 5.29. The van der Waals surface area contributed by atoms with E-state index in [-0.39, 0.29) is 5.92 Å². The summed E-state index contributed by atoms with van der Waals surface area (Å²) in [4.78, 5) is 0. The Labute approximate surface area is 118 Å². The van der Waals surface area contributed by atoms with Crippen molar-refractivity contribution in [2.24, 2.45) is 5.92 Å². The van der Waals surface area contributed by atoms with Gasteiger partial charge in [-0.3, -0.25) is 0 Å². The molecular weight excluding hydrogens is 263 g/mol. The number of alkyl halides is 3. The summed E-state index contributed by atoms with van der Waals surface area (Å²) in [7, 11) is 0. The van der Waals surface area contributed by atoms with Gasteiger partial charge in [0.1, 0.15) is 0 Å². The predicted molar refractivity (Wildman–Crippen MR) is 74.7 cm³/mol. The van der Waals surface area contributed by atoms with Crippen molar-refractivity contribution in [3.63, 3.8) is 0 Å². The van der Waals surface area contributed by atoms with Crippen LogP contribution < -0.4 is 5.32 Å². The number of halogens is 3. The van der Waals surface area contributed by atoms with Crippen molar-refractivity contribution in [2.75, 3.05) is 6.54 Å². The maximum Gasteiger partial charge on any atom is 0.416 e. The van der Waals surface area contributed by atoms with Gasteiger partial charge in [0, 0.05) is 6.04 Å². The summed E-state index contributed by atoms with van der Waals surface area (Å²) in [5, 5.41) is 3.41. The molecule has 0 aliphatic heterocycles. The lowest BCUT2D eigenvalue weighted by molar-refractivity contribution is -0.137. The Morgan fingerprint density at radius 2 is 2.00 bits per heavy atom. The number of hydrogen-bond acceptors (Lipinski definition) is 1. The zero-order chi connectivity index (χ0) is 14.8. The van der Waals surface area contributed by atoms with E-state index in [1.54, 1.807) is 0 Å². The Kier molecular flexibility index (Phi) is 4.74. The number of hydrogen-bond donors (Lipinski definition) is 1. The van der Waals surface area contributed by atoms with Crippen LogP contribution in [0.5, 0.6) is 0 Å². The Balaban J connectivity index is 2.13. The second-order valence-corrected chi connectivity index (χ2v) is 5.98. The van der Waals surface area contributed by atoms with Crippen LogP contribution in [0.4, 0.5) is 13.2 Å². The van der Waals surface area contributed by atoms with Gasteiger partial charge in [0.2, 0.25) is 0 Å². The molecule has 0 spiro atoms. The van der Waals surface area contributed by atoms with E-state index in [1.807, 2.05) is 6.07 Å². The van der Waals surface area contributed by atoms with Gasteiger partial charge in [-0.1, -0.05) is 38.5 Å². The molecule has 0 radical (unpaired) electrons. The second kappa shape index (κ2) is 6.17. The molecule has 1 aliphatic carbocycles. The third-order valence-electron chi connectivity index (χ3n) is 4.09. The largest absolute Gasteiger partial charge is 0.416 e. The Morgan fingerprint density at radius 3 is 2.65 bits per heavy atom. The van der Waals surface area contributed by atoms with Crippen LogP contribution in [-0.4, -0.2) is 12.6 Å². The smallest absolute Gasteiger partial charge is 0.314 e. The molecule has 1 aromatic rings. The first-order valence-corrected chi connectivity index (χ1v) is 7.28. The number of benzene rings is 1. The normalized spacial score (nSPS) is 23.5. The van der Waals surface area contributed by atoms with Crippen LogP contribution in [0.3, 0.4) is 0 Å². The van der Waals surface area contributed by atoms with Crippen LogP contribution in [-0.2, 0) is 6.18 Å². The van der Waals surface area contributed by atoms with Gasteiger partial charge in [0.15, 0.2) is 0 Å². The summed E-state index contributed by atoms with van der Waals surface area (Å²) in [6, 6.07) is 6.27. The van der Waals surface area contributed by atoms with E-state index in [2.05, 4.69) is 19.2 Å². The molecule has 4 heteroatoms. The second-order valence-electron chi connectivity index (χ2n) is 5.98. The first-order valence-electron chi connectivity index (χ1n) is 7.28. The van der Waals surface area contributed by atoms with Crippen molar-refractivity contribution < 1.29 is 13.2 Å². The maximum atomic E-state index is 12.8. The lowest BCUT2D eigenvalue weighted by Crippen LogP contribution is -2.30. The quantitative estimate of drug-likeness (QED) is 0.853. The average molecular weight is 285 g/mol. The van der Waals surface area contributed by atoms with Crippen molar-refractivity contribution in [1.82, 2.24) is 5.32 Å². The summed E-state index contributed by atoms with van der Waals surface area (Å²) in [6.45, 7) is 5.07. The molecule has 2 unspecified atom stereocenters. The molecule has 1 nitrogen and oxygen atoms in total. The van der Waals surface area contributed by atoms with Crippen molar-refractivity contribution in [2.45, 2.75) is 51.2 Å². The van der Waals surface area contributed by atoms with Crippen LogP contribution in [0.2, 0.25) is 0 Å². The molecule has 1 saturated carbocycles. The Hall–Kier alpha value is -1.03. The van der Waals surface area contributed by atoms with Gasteiger partial charge in [-0.25, -0.2) is 0 Å². The molecule has 0 aromatic heterocycles. The minimum Gasteiger partial charge on any atom is -0.314 e. The van der Waals surface area contributed by atoms with E-state index in [9.17, 15) is 13.2 Å². The molecule has 20 heavy (non-hydrogen) atoms. The molecule has 1 aromatic carbocycles. The van der Waals surface area contributed by atoms with E-state index in [4.69, 9.17) is 0 Å². The molecule has 2 rings (SSSR count). The monoisotopic (exact) mass is 285 g/mol. The van der Waals surface area contributed by atoms with Gasteiger partial charge in [0.05, 0.1) is 5.56 Å². The van der Waals surface area contributed by atoms with E-state index in [0.29, 0.717) is 12.0 Å². The average Bonchev–Trinajstić information content (AvgIpc) is 2.83. The van der Waals surface area contributed by atoms with Crippen LogP contribution >= 0.6 is 0 Å². The topological polar surface area (TPSA) is 12.0 Å². The third kappa shape index (κ3) is 3.75.